The zero-order valence-electron chi connectivity index (χ0n) is 11.1. The molecule has 0 bridgehead atoms. The molecule has 0 aliphatic heterocycles. The van der Waals surface area contributed by atoms with Gasteiger partial charge in [0.25, 0.3) is 0 Å². The predicted octanol–water partition coefficient (Wildman–Crippen LogP) is 3.04. The van der Waals surface area contributed by atoms with Crippen LogP contribution in [-0.4, -0.2) is 12.2 Å². The van der Waals surface area contributed by atoms with Gasteiger partial charge < -0.3 is 10.6 Å². The molecule has 0 aromatic heterocycles. The van der Waals surface area contributed by atoms with E-state index < -0.39 is 0 Å². The molecule has 1 aromatic rings. The molecule has 1 atom stereocenters. The molecule has 0 fully saturated rings. The van der Waals surface area contributed by atoms with Crippen LogP contribution in [-0.2, 0) is 6.42 Å². The topological polar surface area (TPSA) is 24.1 Å². The fraction of sp³-hybridized carbons (Fsp3) is 0.500. The van der Waals surface area contributed by atoms with Crippen molar-refractivity contribution in [3.8, 4) is 0 Å². The standard InChI is InChI=1S/C14H22N2S/c1-5-11-6-8-12(9-7-11)13(10(2)3)16-14(17)15-4/h6-10,13H,5H2,1-4H3,(H2,15,16,17)/t13-/m1/s1. The largest absolute Gasteiger partial charge is 0.366 e. The number of hydrogen-bond donors (Lipinski definition) is 2. The van der Waals surface area contributed by atoms with Crippen molar-refractivity contribution in [2.24, 2.45) is 5.92 Å². The predicted molar refractivity (Wildman–Crippen MR) is 78.2 cm³/mol. The molecule has 1 rings (SSSR count). The molecular weight excluding hydrogens is 228 g/mol. The van der Waals surface area contributed by atoms with Crippen LogP contribution in [0.4, 0.5) is 0 Å². The lowest BCUT2D eigenvalue weighted by molar-refractivity contribution is 0.470. The maximum absolute atomic E-state index is 5.18. The molecule has 0 unspecified atom stereocenters. The minimum atomic E-state index is 0.265. The first-order valence-corrected chi connectivity index (χ1v) is 6.56. The number of rotatable bonds is 4. The number of nitrogens with one attached hydrogen (secondary N) is 2. The first-order chi connectivity index (χ1) is 8.08. The van der Waals surface area contributed by atoms with E-state index in [0.29, 0.717) is 11.0 Å². The van der Waals surface area contributed by atoms with Crippen LogP contribution in [0.5, 0.6) is 0 Å². The smallest absolute Gasteiger partial charge is 0.166 e. The van der Waals surface area contributed by atoms with E-state index in [1.807, 2.05) is 7.05 Å². The van der Waals surface area contributed by atoms with Crippen molar-refractivity contribution in [2.45, 2.75) is 33.2 Å². The summed E-state index contributed by atoms with van der Waals surface area (Å²) >= 11 is 5.18. The Morgan fingerprint density at radius 3 is 2.24 bits per heavy atom. The Balaban J connectivity index is 2.85. The zero-order valence-corrected chi connectivity index (χ0v) is 11.9. The highest BCUT2D eigenvalue weighted by Crippen LogP contribution is 2.22. The van der Waals surface area contributed by atoms with Gasteiger partial charge in [0, 0.05) is 7.05 Å². The van der Waals surface area contributed by atoms with Crippen molar-refractivity contribution in [2.75, 3.05) is 7.05 Å². The van der Waals surface area contributed by atoms with Crippen LogP contribution >= 0.6 is 12.2 Å². The van der Waals surface area contributed by atoms with E-state index in [2.05, 4.69) is 55.7 Å². The fourth-order valence-electron chi connectivity index (χ4n) is 1.81. The molecule has 0 spiro atoms. The lowest BCUT2D eigenvalue weighted by atomic mass is 9.95. The Kier molecular flexibility index (Phi) is 5.42. The molecule has 2 nitrogen and oxygen atoms in total. The Morgan fingerprint density at radius 1 is 1.24 bits per heavy atom. The van der Waals surface area contributed by atoms with Crippen LogP contribution in [0.25, 0.3) is 0 Å². The normalized spacial score (nSPS) is 12.3. The summed E-state index contributed by atoms with van der Waals surface area (Å²) in [5, 5.41) is 7.00. The summed E-state index contributed by atoms with van der Waals surface area (Å²) in [6.07, 6.45) is 1.08. The minimum Gasteiger partial charge on any atom is -0.366 e. The van der Waals surface area contributed by atoms with Crippen LogP contribution < -0.4 is 10.6 Å². The molecule has 1 aromatic carbocycles. The molecule has 17 heavy (non-hydrogen) atoms. The second-order valence-electron chi connectivity index (χ2n) is 4.54. The van der Waals surface area contributed by atoms with Gasteiger partial charge in [-0.3, -0.25) is 0 Å². The first-order valence-electron chi connectivity index (χ1n) is 6.15. The van der Waals surface area contributed by atoms with E-state index in [1.165, 1.54) is 11.1 Å². The van der Waals surface area contributed by atoms with Crippen LogP contribution in [0.2, 0.25) is 0 Å². The number of hydrogen-bond acceptors (Lipinski definition) is 1. The molecular formula is C14H22N2S. The van der Waals surface area contributed by atoms with Gasteiger partial charge in [-0.05, 0) is 35.7 Å². The van der Waals surface area contributed by atoms with Gasteiger partial charge in [-0.25, -0.2) is 0 Å². The zero-order chi connectivity index (χ0) is 12.8. The maximum atomic E-state index is 5.18. The van der Waals surface area contributed by atoms with E-state index >= 15 is 0 Å². The third-order valence-electron chi connectivity index (χ3n) is 2.93. The van der Waals surface area contributed by atoms with Gasteiger partial charge in [0.05, 0.1) is 6.04 Å². The van der Waals surface area contributed by atoms with Gasteiger partial charge >= 0.3 is 0 Å². The van der Waals surface area contributed by atoms with E-state index in [9.17, 15) is 0 Å². The second kappa shape index (κ2) is 6.60. The van der Waals surface area contributed by atoms with E-state index in [4.69, 9.17) is 12.2 Å². The highest BCUT2D eigenvalue weighted by Gasteiger charge is 2.16. The first kappa shape index (κ1) is 14.0. The summed E-state index contributed by atoms with van der Waals surface area (Å²) in [6, 6.07) is 9.02. The van der Waals surface area contributed by atoms with Crippen molar-refractivity contribution < 1.29 is 0 Å². The summed E-state index contributed by atoms with van der Waals surface area (Å²) in [5.74, 6) is 0.494. The molecule has 0 aliphatic carbocycles. The summed E-state index contributed by atoms with van der Waals surface area (Å²) in [5.41, 5.74) is 2.65. The third-order valence-corrected chi connectivity index (χ3v) is 3.25. The van der Waals surface area contributed by atoms with Gasteiger partial charge in [-0.15, -0.1) is 0 Å². The quantitative estimate of drug-likeness (QED) is 0.803. The van der Waals surface area contributed by atoms with Crippen LogP contribution in [0.15, 0.2) is 24.3 Å². The molecule has 0 saturated heterocycles. The molecule has 0 radical (unpaired) electrons. The van der Waals surface area contributed by atoms with Crippen LogP contribution in [0, 0.1) is 5.92 Å². The van der Waals surface area contributed by atoms with Gasteiger partial charge in [0.1, 0.15) is 0 Å². The van der Waals surface area contributed by atoms with Crippen LogP contribution in [0.1, 0.15) is 37.9 Å². The summed E-state index contributed by atoms with van der Waals surface area (Å²) in [6.45, 7) is 6.57. The average molecular weight is 250 g/mol. The Bertz CT molecular complexity index is 357. The van der Waals surface area contributed by atoms with Crippen molar-refractivity contribution >= 4 is 17.3 Å². The molecule has 2 N–H and O–H groups in total. The van der Waals surface area contributed by atoms with E-state index in [0.717, 1.165) is 6.42 Å². The summed E-state index contributed by atoms with van der Waals surface area (Å²) in [4.78, 5) is 0. The number of thiocarbonyl (C=S) groups is 1. The van der Waals surface area contributed by atoms with E-state index in [-0.39, 0.29) is 6.04 Å². The fourth-order valence-corrected chi connectivity index (χ4v) is 1.94. The van der Waals surface area contributed by atoms with Gasteiger partial charge in [-0.2, -0.15) is 0 Å². The average Bonchev–Trinajstić information content (AvgIpc) is 2.35. The Labute approximate surface area is 110 Å². The highest BCUT2D eigenvalue weighted by molar-refractivity contribution is 7.80. The van der Waals surface area contributed by atoms with Crippen molar-refractivity contribution in [3.05, 3.63) is 35.4 Å². The Morgan fingerprint density at radius 2 is 1.82 bits per heavy atom. The van der Waals surface area contributed by atoms with Gasteiger partial charge in [0.15, 0.2) is 5.11 Å². The third kappa shape index (κ3) is 4.00. The van der Waals surface area contributed by atoms with Crippen LogP contribution in [0.3, 0.4) is 0 Å². The van der Waals surface area contributed by atoms with E-state index in [1.54, 1.807) is 0 Å². The van der Waals surface area contributed by atoms with Gasteiger partial charge in [0.2, 0.25) is 0 Å². The number of aryl methyl sites for hydroxylation is 1. The second-order valence-corrected chi connectivity index (χ2v) is 4.95. The SMILES string of the molecule is CCc1ccc([C@H](NC(=S)NC)C(C)C)cc1. The van der Waals surface area contributed by atoms with Crippen molar-refractivity contribution in [1.29, 1.82) is 0 Å². The maximum Gasteiger partial charge on any atom is 0.166 e. The molecule has 3 heteroatoms. The van der Waals surface area contributed by atoms with Crippen molar-refractivity contribution in [3.63, 3.8) is 0 Å². The lowest BCUT2D eigenvalue weighted by Crippen LogP contribution is -2.37. The lowest BCUT2D eigenvalue weighted by Gasteiger charge is -2.24. The Hall–Kier alpha value is -1.09. The number of benzene rings is 1. The molecule has 0 amide bonds. The van der Waals surface area contributed by atoms with Gasteiger partial charge in [-0.1, -0.05) is 45.0 Å². The molecule has 0 saturated carbocycles. The molecule has 0 aliphatic rings. The monoisotopic (exact) mass is 250 g/mol. The summed E-state index contributed by atoms with van der Waals surface area (Å²) < 4.78 is 0. The molecule has 0 heterocycles. The molecule has 94 valence electrons. The summed E-state index contributed by atoms with van der Waals surface area (Å²) in [7, 11) is 1.84. The minimum absolute atomic E-state index is 0.265. The van der Waals surface area contributed by atoms with Crippen molar-refractivity contribution in [1.82, 2.24) is 10.6 Å². The highest BCUT2D eigenvalue weighted by atomic mass is 32.1.